The maximum atomic E-state index is 14.2. The third-order valence-electron chi connectivity index (χ3n) is 3.12. The molecule has 0 radical (unpaired) electrons. The van der Waals surface area contributed by atoms with E-state index in [2.05, 4.69) is 4.98 Å². The van der Waals surface area contributed by atoms with Gasteiger partial charge in [-0.15, -0.1) is 11.3 Å². The molecule has 0 amide bonds. The summed E-state index contributed by atoms with van der Waals surface area (Å²) in [6, 6.07) is 5.19. The first-order chi connectivity index (χ1) is 9.24. The maximum Gasteiger partial charge on any atom is 0.180 e. The molecule has 1 aliphatic heterocycles. The topological polar surface area (TPSA) is 51.4 Å². The molecular weight excluding hydrogens is 265 g/mol. The second-order valence-electron chi connectivity index (χ2n) is 4.34. The zero-order valence-corrected chi connectivity index (χ0v) is 11.1. The van der Waals surface area contributed by atoms with Crippen LogP contribution in [0.25, 0.3) is 11.3 Å². The van der Waals surface area contributed by atoms with Gasteiger partial charge in [-0.25, -0.2) is 9.37 Å². The van der Waals surface area contributed by atoms with Crippen LogP contribution in [0.4, 0.5) is 15.2 Å². The molecule has 1 aromatic carbocycles. The van der Waals surface area contributed by atoms with Crippen molar-refractivity contribution < 1.29 is 9.13 Å². The number of hydrogen-bond acceptors (Lipinski definition) is 5. The highest BCUT2D eigenvalue weighted by Crippen LogP contribution is 2.28. The van der Waals surface area contributed by atoms with Crippen LogP contribution in [0.1, 0.15) is 0 Å². The van der Waals surface area contributed by atoms with Gasteiger partial charge in [0.1, 0.15) is 5.82 Å². The molecule has 19 heavy (non-hydrogen) atoms. The fourth-order valence-electron chi connectivity index (χ4n) is 2.15. The van der Waals surface area contributed by atoms with Crippen molar-refractivity contribution in [3.63, 3.8) is 0 Å². The minimum Gasteiger partial charge on any atom is -0.378 e. The molecule has 100 valence electrons. The fourth-order valence-corrected chi connectivity index (χ4v) is 2.72. The van der Waals surface area contributed by atoms with Gasteiger partial charge in [0.25, 0.3) is 0 Å². The lowest BCUT2D eigenvalue weighted by Crippen LogP contribution is -2.36. The largest absolute Gasteiger partial charge is 0.378 e. The summed E-state index contributed by atoms with van der Waals surface area (Å²) in [5, 5.41) is 2.33. The zero-order valence-electron chi connectivity index (χ0n) is 10.3. The van der Waals surface area contributed by atoms with Crippen molar-refractivity contribution in [2.45, 2.75) is 0 Å². The predicted molar refractivity (Wildman–Crippen MR) is 75.0 cm³/mol. The molecule has 0 atom stereocenters. The van der Waals surface area contributed by atoms with E-state index in [9.17, 15) is 4.39 Å². The smallest absolute Gasteiger partial charge is 0.180 e. The monoisotopic (exact) mass is 279 g/mol. The minimum absolute atomic E-state index is 0.231. The predicted octanol–water partition coefficient (Wildman–Crippen LogP) is 2.37. The van der Waals surface area contributed by atoms with Gasteiger partial charge in [0, 0.05) is 24.0 Å². The van der Waals surface area contributed by atoms with E-state index < -0.39 is 0 Å². The first kappa shape index (κ1) is 12.4. The standard InChI is InChI=1S/C13H14FN3OS/c14-10-7-9(11-8-19-13(15)16-11)1-2-12(10)17-3-5-18-6-4-17/h1-2,7-8H,3-6H2,(H2,15,16). The van der Waals surface area contributed by atoms with Crippen molar-refractivity contribution in [1.29, 1.82) is 0 Å². The van der Waals surface area contributed by atoms with Crippen LogP contribution in [0.5, 0.6) is 0 Å². The van der Waals surface area contributed by atoms with E-state index in [0.29, 0.717) is 24.0 Å². The molecule has 4 nitrogen and oxygen atoms in total. The third-order valence-corrected chi connectivity index (χ3v) is 3.79. The molecule has 1 aromatic heterocycles. The number of nitrogens with zero attached hydrogens (tertiary/aromatic N) is 2. The van der Waals surface area contributed by atoms with Crippen LogP contribution in [0, 0.1) is 5.82 Å². The van der Waals surface area contributed by atoms with Gasteiger partial charge in [-0.1, -0.05) is 6.07 Å². The number of anilines is 2. The first-order valence-electron chi connectivity index (χ1n) is 6.07. The molecule has 2 aromatic rings. The Labute approximate surface area is 114 Å². The summed E-state index contributed by atoms with van der Waals surface area (Å²) in [5.74, 6) is -0.231. The first-order valence-corrected chi connectivity index (χ1v) is 6.95. The van der Waals surface area contributed by atoms with Crippen molar-refractivity contribution >= 4 is 22.2 Å². The van der Waals surface area contributed by atoms with Crippen LogP contribution < -0.4 is 10.6 Å². The Bertz CT molecular complexity index is 581. The zero-order chi connectivity index (χ0) is 13.2. The van der Waals surface area contributed by atoms with Crippen molar-refractivity contribution in [3.8, 4) is 11.3 Å². The Hall–Kier alpha value is -1.66. The van der Waals surface area contributed by atoms with Crippen LogP contribution >= 0.6 is 11.3 Å². The highest BCUT2D eigenvalue weighted by molar-refractivity contribution is 7.13. The summed E-state index contributed by atoms with van der Waals surface area (Å²) in [7, 11) is 0. The number of aromatic nitrogens is 1. The van der Waals surface area contributed by atoms with Crippen LogP contribution in [0.2, 0.25) is 0 Å². The number of nitrogens with two attached hydrogens (primary N) is 1. The van der Waals surface area contributed by atoms with Crippen molar-refractivity contribution in [1.82, 2.24) is 4.98 Å². The van der Waals surface area contributed by atoms with E-state index >= 15 is 0 Å². The normalized spacial score (nSPS) is 15.7. The molecule has 0 bridgehead atoms. The van der Waals surface area contributed by atoms with Gasteiger partial charge in [-0.05, 0) is 12.1 Å². The average molecular weight is 279 g/mol. The van der Waals surface area contributed by atoms with Gasteiger partial charge in [-0.2, -0.15) is 0 Å². The molecule has 1 aliphatic rings. The number of thiazole rings is 1. The van der Waals surface area contributed by atoms with E-state index in [4.69, 9.17) is 10.5 Å². The Kier molecular flexibility index (Phi) is 3.35. The second-order valence-corrected chi connectivity index (χ2v) is 5.23. The highest BCUT2D eigenvalue weighted by Gasteiger charge is 2.16. The summed E-state index contributed by atoms with van der Waals surface area (Å²) in [6.07, 6.45) is 0. The Balaban J connectivity index is 1.89. The van der Waals surface area contributed by atoms with Crippen LogP contribution in [0.3, 0.4) is 0 Å². The van der Waals surface area contributed by atoms with Crippen LogP contribution in [-0.2, 0) is 4.74 Å². The number of nitrogen functional groups attached to an aromatic ring is 1. The molecule has 0 aliphatic carbocycles. The summed E-state index contributed by atoms with van der Waals surface area (Å²) in [4.78, 5) is 6.16. The SMILES string of the molecule is Nc1nc(-c2ccc(N3CCOCC3)c(F)c2)cs1. The lowest BCUT2D eigenvalue weighted by atomic mass is 10.1. The molecule has 6 heteroatoms. The lowest BCUT2D eigenvalue weighted by molar-refractivity contribution is 0.122. The number of morpholine rings is 1. The second kappa shape index (κ2) is 5.14. The van der Waals surface area contributed by atoms with Crippen LogP contribution in [0.15, 0.2) is 23.6 Å². The molecule has 1 saturated heterocycles. The Morgan fingerprint density at radius 3 is 2.74 bits per heavy atom. The van der Waals surface area contributed by atoms with Crippen LogP contribution in [-0.4, -0.2) is 31.3 Å². The Morgan fingerprint density at radius 1 is 1.32 bits per heavy atom. The van der Waals surface area contributed by atoms with Crippen molar-refractivity contribution in [3.05, 3.63) is 29.4 Å². The summed E-state index contributed by atoms with van der Waals surface area (Å²) in [5.41, 5.74) is 7.68. The van der Waals surface area contributed by atoms with Gasteiger partial charge >= 0.3 is 0 Å². The van der Waals surface area contributed by atoms with E-state index in [1.807, 2.05) is 16.3 Å². The molecule has 0 saturated carbocycles. The van der Waals surface area contributed by atoms with Crippen molar-refractivity contribution in [2.24, 2.45) is 0 Å². The van der Waals surface area contributed by atoms with Gasteiger partial charge in [0.2, 0.25) is 0 Å². The van der Waals surface area contributed by atoms with Gasteiger partial charge in [0.15, 0.2) is 5.13 Å². The average Bonchev–Trinajstić information content (AvgIpc) is 2.86. The molecule has 2 N–H and O–H groups in total. The minimum atomic E-state index is -0.231. The van der Waals surface area contributed by atoms with Crippen molar-refractivity contribution in [2.75, 3.05) is 36.9 Å². The van der Waals surface area contributed by atoms with Gasteiger partial charge in [0.05, 0.1) is 24.6 Å². The molecule has 1 fully saturated rings. The Morgan fingerprint density at radius 2 is 2.11 bits per heavy atom. The summed E-state index contributed by atoms with van der Waals surface area (Å²) in [6.45, 7) is 2.73. The van der Waals surface area contributed by atoms with E-state index in [-0.39, 0.29) is 5.82 Å². The lowest BCUT2D eigenvalue weighted by Gasteiger charge is -2.29. The number of ether oxygens (including phenoxy) is 1. The molecule has 2 heterocycles. The molecular formula is C13H14FN3OS. The highest BCUT2D eigenvalue weighted by atomic mass is 32.1. The van der Waals surface area contributed by atoms with E-state index in [1.165, 1.54) is 17.4 Å². The summed E-state index contributed by atoms with van der Waals surface area (Å²) < 4.78 is 19.5. The molecule has 0 unspecified atom stereocenters. The third kappa shape index (κ3) is 2.54. The quantitative estimate of drug-likeness (QED) is 0.917. The summed E-state index contributed by atoms with van der Waals surface area (Å²) >= 11 is 1.35. The van der Waals surface area contributed by atoms with Gasteiger partial charge in [-0.3, -0.25) is 0 Å². The maximum absolute atomic E-state index is 14.2. The van der Waals surface area contributed by atoms with E-state index in [1.54, 1.807) is 6.07 Å². The van der Waals surface area contributed by atoms with Gasteiger partial charge < -0.3 is 15.4 Å². The molecule has 3 rings (SSSR count). The number of halogens is 1. The number of benzene rings is 1. The fraction of sp³-hybridized carbons (Fsp3) is 0.308. The number of rotatable bonds is 2. The van der Waals surface area contributed by atoms with E-state index in [0.717, 1.165) is 24.3 Å². The number of hydrogen-bond donors (Lipinski definition) is 1. The molecule has 0 spiro atoms.